The first-order chi connectivity index (χ1) is 11.4. The molecule has 0 aliphatic carbocycles. The molecule has 3 aromatic rings. The van der Waals surface area contributed by atoms with Crippen LogP contribution in [0.5, 0.6) is 0 Å². The van der Waals surface area contributed by atoms with Crippen LogP contribution < -0.4 is 16.6 Å². The van der Waals surface area contributed by atoms with Crippen molar-refractivity contribution in [2.24, 2.45) is 14.1 Å². The van der Waals surface area contributed by atoms with Gasteiger partial charge in [-0.1, -0.05) is 0 Å². The zero-order valence-electron chi connectivity index (χ0n) is 12.9. The molecule has 0 saturated carbocycles. The number of aryl methyl sites for hydroxylation is 1. The summed E-state index contributed by atoms with van der Waals surface area (Å²) in [5.74, 6) is -0.902. The number of fused-ring (bicyclic) bond motifs is 1. The second kappa shape index (κ2) is 5.73. The van der Waals surface area contributed by atoms with Crippen molar-refractivity contribution in [1.82, 2.24) is 14.1 Å². The summed E-state index contributed by atoms with van der Waals surface area (Å²) in [5.41, 5.74) is -0.193. The van der Waals surface area contributed by atoms with E-state index in [9.17, 15) is 18.8 Å². The highest BCUT2D eigenvalue weighted by Crippen LogP contribution is 2.13. The fourth-order valence-electron chi connectivity index (χ4n) is 2.34. The van der Waals surface area contributed by atoms with Gasteiger partial charge in [-0.2, -0.15) is 0 Å². The number of carbonyl (C=O) groups excluding carboxylic acids is 1. The number of hydrogen-bond donors (Lipinski definition) is 1. The first-order valence-electron chi connectivity index (χ1n) is 7.01. The molecule has 0 aliphatic heterocycles. The van der Waals surface area contributed by atoms with Gasteiger partial charge in [-0.15, -0.1) is 0 Å². The summed E-state index contributed by atoms with van der Waals surface area (Å²) in [6.07, 6.45) is 1.35. The van der Waals surface area contributed by atoms with Crippen molar-refractivity contribution in [1.29, 1.82) is 0 Å². The van der Waals surface area contributed by atoms with Crippen LogP contribution in [0.1, 0.15) is 10.4 Å². The number of amides is 1. The summed E-state index contributed by atoms with van der Waals surface area (Å²) in [6, 6.07) is 6.51. The third-order valence-electron chi connectivity index (χ3n) is 3.66. The van der Waals surface area contributed by atoms with E-state index in [2.05, 4.69) is 10.3 Å². The molecule has 1 aromatic carbocycles. The highest BCUT2D eigenvalue weighted by atomic mass is 19.1. The van der Waals surface area contributed by atoms with Gasteiger partial charge in [0.15, 0.2) is 0 Å². The Morgan fingerprint density at radius 2 is 1.79 bits per heavy atom. The molecule has 2 heterocycles. The Kier molecular flexibility index (Phi) is 3.72. The van der Waals surface area contributed by atoms with Gasteiger partial charge in [0.05, 0.1) is 17.3 Å². The van der Waals surface area contributed by atoms with Crippen LogP contribution in [0.2, 0.25) is 0 Å². The molecule has 1 N–H and O–H groups in total. The second-order valence-electron chi connectivity index (χ2n) is 5.26. The lowest BCUT2D eigenvalue weighted by molar-refractivity contribution is 0.102. The standard InChI is InChI=1S/C16H13FN4O3/c1-20-13-12(15(23)21(2)16(20)24)7-11(8-18-13)19-14(22)9-3-5-10(17)6-4-9/h3-8H,1-2H3,(H,19,22). The van der Waals surface area contributed by atoms with E-state index in [-0.39, 0.29) is 16.6 Å². The molecule has 0 unspecified atom stereocenters. The van der Waals surface area contributed by atoms with Crippen LogP contribution in [-0.2, 0) is 14.1 Å². The van der Waals surface area contributed by atoms with Crippen LogP contribution in [-0.4, -0.2) is 20.0 Å². The van der Waals surface area contributed by atoms with Crippen LogP contribution in [0, 0.1) is 5.82 Å². The molecule has 3 rings (SSSR count). The smallest absolute Gasteiger partial charge is 0.321 e. The molecule has 0 bridgehead atoms. The largest absolute Gasteiger partial charge is 0.332 e. The van der Waals surface area contributed by atoms with E-state index in [1.807, 2.05) is 0 Å². The van der Waals surface area contributed by atoms with Crippen LogP contribution in [0.25, 0.3) is 11.0 Å². The molecule has 2 aromatic heterocycles. The SMILES string of the molecule is Cn1c(=O)c2cc(NC(=O)c3ccc(F)cc3)cnc2n(C)c1=O. The van der Waals surface area contributed by atoms with E-state index < -0.39 is 23.0 Å². The summed E-state index contributed by atoms with van der Waals surface area (Å²) in [4.78, 5) is 40.3. The Bertz CT molecular complexity index is 1070. The minimum atomic E-state index is -0.501. The average Bonchev–Trinajstić information content (AvgIpc) is 2.58. The molecule has 0 radical (unpaired) electrons. The van der Waals surface area contributed by atoms with E-state index in [1.165, 1.54) is 55.2 Å². The number of nitrogens with one attached hydrogen (secondary N) is 1. The number of rotatable bonds is 2. The molecule has 8 heteroatoms. The lowest BCUT2D eigenvalue weighted by Gasteiger charge is -2.09. The summed E-state index contributed by atoms with van der Waals surface area (Å²) >= 11 is 0. The summed E-state index contributed by atoms with van der Waals surface area (Å²) in [6.45, 7) is 0. The highest BCUT2D eigenvalue weighted by Gasteiger charge is 2.12. The molecule has 0 aliphatic rings. The monoisotopic (exact) mass is 328 g/mol. The van der Waals surface area contributed by atoms with Gasteiger partial charge in [-0.3, -0.25) is 18.7 Å². The number of carbonyl (C=O) groups is 1. The molecular weight excluding hydrogens is 315 g/mol. The first-order valence-corrected chi connectivity index (χ1v) is 7.01. The van der Waals surface area contributed by atoms with Crippen LogP contribution in [0.3, 0.4) is 0 Å². The van der Waals surface area contributed by atoms with Gasteiger partial charge >= 0.3 is 5.69 Å². The summed E-state index contributed by atoms with van der Waals surface area (Å²) < 4.78 is 15.1. The van der Waals surface area contributed by atoms with E-state index >= 15 is 0 Å². The number of pyridine rings is 1. The van der Waals surface area contributed by atoms with Gasteiger partial charge in [0, 0.05) is 19.7 Å². The highest BCUT2D eigenvalue weighted by molar-refractivity contribution is 6.04. The predicted octanol–water partition coefficient (Wildman–Crippen LogP) is 1.02. The van der Waals surface area contributed by atoms with Crippen molar-refractivity contribution in [2.45, 2.75) is 0 Å². The number of halogens is 1. The minimum Gasteiger partial charge on any atom is -0.321 e. The van der Waals surface area contributed by atoms with Crippen LogP contribution in [0.15, 0.2) is 46.1 Å². The van der Waals surface area contributed by atoms with E-state index in [1.54, 1.807) is 0 Å². The molecular formula is C16H13FN4O3. The van der Waals surface area contributed by atoms with Crippen molar-refractivity contribution in [3.63, 3.8) is 0 Å². The molecule has 0 spiro atoms. The van der Waals surface area contributed by atoms with Crippen molar-refractivity contribution >= 4 is 22.6 Å². The first kappa shape index (κ1) is 15.6. The molecule has 0 atom stereocenters. The average molecular weight is 328 g/mol. The molecule has 0 fully saturated rings. The third kappa shape index (κ3) is 2.58. The fraction of sp³-hybridized carbons (Fsp3) is 0.125. The Morgan fingerprint density at radius 3 is 2.46 bits per heavy atom. The van der Waals surface area contributed by atoms with Crippen LogP contribution in [0.4, 0.5) is 10.1 Å². The lowest BCUT2D eigenvalue weighted by Crippen LogP contribution is -2.37. The second-order valence-corrected chi connectivity index (χ2v) is 5.26. The maximum atomic E-state index is 12.9. The van der Waals surface area contributed by atoms with Gasteiger partial charge in [0.25, 0.3) is 11.5 Å². The van der Waals surface area contributed by atoms with Crippen molar-refractivity contribution in [2.75, 3.05) is 5.32 Å². The summed E-state index contributed by atoms with van der Waals surface area (Å²) in [7, 11) is 2.88. The Hall–Kier alpha value is -3.29. The topological polar surface area (TPSA) is 86.0 Å². The zero-order chi connectivity index (χ0) is 17.4. The molecule has 1 amide bonds. The van der Waals surface area contributed by atoms with Crippen molar-refractivity contribution in [3.8, 4) is 0 Å². The number of nitrogens with zero attached hydrogens (tertiary/aromatic N) is 3. The lowest BCUT2D eigenvalue weighted by atomic mass is 10.2. The Labute approximate surface area is 135 Å². The molecule has 24 heavy (non-hydrogen) atoms. The maximum Gasteiger partial charge on any atom is 0.332 e. The van der Waals surface area contributed by atoms with Gasteiger partial charge in [0.1, 0.15) is 11.5 Å². The van der Waals surface area contributed by atoms with Crippen molar-refractivity contribution < 1.29 is 9.18 Å². The summed E-state index contributed by atoms with van der Waals surface area (Å²) in [5, 5.41) is 2.80. The van der Waals surface area contributed by atoms with Crippen LogP contribution >= 0.6 is 0 Å². The third-order valence-corrected chi connectivity index (χ3v) is 3.66. The molecule has 122 valence electrons. The fourth-order valence-corrected chi connectivity index (χ4v) is 2.34. The number of hydrogen-bond acceptors (Lipinski definition) is 4. The molecule has 0 saturated heterocycles. The molecule has 7 nitrogen and oxygen atoms in total. The van der Waals surface area contributed by atoms with Gasteiger partial charge in [-0.25, -0.2) is 14.2 Å². The van der Waals surface area contributed by atoms with Gasteiger partial charge < -0.3 is 5.32 Å². The van der Waals surface area contributed by atoms with Gasteiger partial charge in [-0.05, 0) is 30.3 Å². The maximum absolute atomic E-state index is 12.9. The number of aromatic nitrogens is 3. The van der Waals surface area contributed by atoms with Gasteiger partial charge in [0.2, 0.25) is 0 Å². The van der Waals surface area contributed by atoms with E-state index in [4.69, 9.17) is 0 Å². The predicted molar refractivity (Wildman–Crippen MR) is 86.6 cm³/mol. The van der Waals surface area contributed by atoms with E-state index in [0.717, 1.165) is 4.57 Å². The zero-order valence-corrected chi connectivity index (χ0v) is 12.9. The number of anilines is 1. The quantitative estimate of drug-likeness (QED) is 0.761. The Morgan fingerprint density at radius 1 is 1.12 bits per heavy atom. The Balaban J connectivity index is 2.02. The normalized spacial score (nSPS) is 10.8. The minimum absolute atomic E-state index is 0.205. The van der Waals surface area contributed by atoms with Crippen molar-refractivity contribution in [3.05, 3.63) is 68.7 Å². The number of benzene rings is 1. The van der Waals surface area contributed by atoms with E-state index in [0.29, 0.717) is 5.69 Å².